The van der Waals surface area contributed by atoms with Crippen molar-refractivity contribution in [3.63, 3.8) is 0 Å². The Bertz CT molecular complexity index is 3240. The molecule has 13 rings (SSSR count). The lowest BCUT2D eigenvalue weighted by Gasteiger charge is -2.44. The van der Waals surface area contributed by atoms with Gasteiger partial charge in [0.15, 0.2) is 0 Å². The highest BCUT2D eigenvalue weighted by atomic mass is 32.1. The van der Waals surface area contributed by atoms with Crippen molar-refractivity contribution in [1.82, 2.24) is 0 Å². The van der Waals surface area contributed by atoms with E-state index in [1.807, 2.05) is 11.3 Å². The smallest absolute Gasteiger partial charge is 0.264 e. The van der Waals surface area contributed by atoms with Gasteiger partial charge in [-0.2, -0.15) is 0 Å². The second-order valence-electron chi connectivity index (χ2n) is 18.5. The SMILES string of the molecule is c1ccc(-c2cccc(N3c4cc(C5CCCCC5)cc5c4B(c4ccccc4N5c4cccc(N(c5ccccc5)c5ccc6c(c5)CCCC6)c4)c4sc5ccccc5c43)c2)cc1. The van der Waals surface area contributed by atoms with Crippen LogP contribution in [0.3, 0.4) is 0 Å². The first-order valence-electron chi connectivity index (χ1n) is 23.9. The van der Waals surface area contributed by atoms with E-state index in [0.717, 1.165) is 12.1 Å². The van der Waals surface area contributed by atoms with Gasteiger partial charge >= 0.3 is 0 Å². The van der Waals surface area contributed by atoms with E-state index in [-0.39, 0.29) is 6.71 Å². The summed E-state index contributed by atoms with van der Waals surface area (Å²) in [6, 6.07) is 71.2. The molecule has 9 aromatic rings. The molecule has 3 nitrogen and oxygen atoms in total. The topological polar surface area (TPSA) is 9.72 Å². The molecule has 3 heterocycles. The zero-order valence-electron chi connectivity index (χ0n) is 36.7. The summed E-state index contributed by atoms with van der Waals surface area (Å²) in [5.41, 5.74) is 20.8. The summed E-state index contributed by atoms with van der Waals surface area (Å²) in [5.74, 6) is 0.518. The monoisotopic (exact) mass is 855 g/mol. The van der Waals surface area contributed by atoms with E-state index in [0.29, 0.717) is 5.92 Å². The van der Waals surface area contributed by atoms with Gasteiger partial charge in [-0.1, -0.05) is 128 Å². The minimum Gasteiger partial charge on any atom is -0.311 e. The molecule has 2 aliphatic carbocycles. The first-order chi connectivity index (χ1) is 32.2. The minimum atomic E-state index is 0.0910. The quantitative estimate of drug-likeness (QED) is 0.148. The van der Waals surface area contributed by atoms with Crippen LogP contribution in [0.15, 0.2) is 188 Å². The third-order valence-corrected chi connectivity index (χ3v) is 16.0. The highest BCUT2D eigenvalue weighted by Crippen LogP contribution is 2.50. The minimum absolute atomic E-state index is 0.0910. The van der Waals surface area contributed by atoms with Crippen molar-refractivity contribution in [2.45, 2.75) is 63.7 Å². The number of benzene rings is 8. The summed E-state index contributed by atoms with van der Waals surface area (Å²) in [6.45, 7) is 0.0910. The highest BCUT2D eigenvalue weighted by Gasteiger charge is 2.45. The Hall–Kier alpha value is -6.82. The summed E-state index contributed by atoms with van der Waals surface area (Å²) in [7, 11) is 0. The van der Waals surface area contributed by atoms with Gasteiger partial charge in [0.25, 0.3) is 6.71 Å². The van der Waals surface area contributed by atoms with Crippen molar-refractivity contribution in [2.75, 3.05) is 14.7 Å². The third kappa shape index (κ3) is 6.54. The van der Waals surface area contributed by atoms with E-state index >= 15 is 0 Å². The Morgan fingerprint density at radius 2 is 1.14 bits per heavy atom. The fourth-order valence-electron chi connectivity index (χ4n) is 11.7. The van der Waals surface area contributed by atoms with Gasteiger partial charge in [-0.15, -0.1) is 11.3 Å². The maximum Gasteiger partial charge on any atom is 0.264 e. The number of anilines is 9. The van der Waals surface area contributed by atoms with Crippen LogP contribution in [-0.4, -0.2) is 6.71 Å². The van der Waals surface area contributed by atoms with Crippen LogP contribution in [0.25, 0.3) is 21.2 Å². The lowest BCUT2D eigenvalue weighted by atomic mass is 9.36. The Balaban J connectivity index is 1.06. The van der Waals surface area contributed by atoms with E-state index in [2.05, 4.69) is 203 Å². The average Bonchev–Trinajstić information content (AvgIpc) is 3.76. The molecule has 0 atom stereocenters. The Labute approximate surface area is 387 Å². The predicted molar refractivity (Wildman–Crippen MR) is 278 cm³/mol. The molecular weight excluding hydrogens is 806 g/mol. The molecule has 0 spiro atoms. The Morgan fingerprint density at radius 3 is 1.98 bits per heavy atom. The van der Waals surface area contributed by atoms with Crippen molar-refractivity contribution < 1.29 is 0 Å². The molecule has 0 unspecified atom stereocenters. The number of rotatable bonds is 7. The fraction of sp³-hybridized carbons (Fsp3) is 0.167. The average molecular weight is 856 g/mol. The summed E-state index contributed by atoms with van der Waals surface area (Å²) in [4.78, 5) is 7.74. The molecule has 4 aliphatic rings. The van der Waals surface area contributed by atoms with Gasteiger partial charge in [-0.3, -0.25) is 0 Å². The van der Waals surface area contributed by atoms with Crippen LogP contribution in [0.2, 0.25) is 0 Å². The number of hydrogen-bond donors (Lipinski definition) is 0. The molecule has 65 heavy (non-hydrogen) atoms. The first kappa shape index (κ1) is 38.6. The van der Waals surface area contributed by atoms with E-state index in [9.17, 15) is 0 Å². The number of nitrogens with zero attached hydrogens (tertiary/aromatic N) is 3. The molecule has 1 aromatic heterocycles. The van der Waals surface area contributed by atoms with Crippen molar-refractivity contribution in [2.24, 2.45) is 0 Å². The van der Waals surface area contributed by atoms with Crippen LogP contribution in [0, 0.1) is 0 Å². The van der Waals surface area contributed by atoms with Gasteiger partial charge in [-0.05, 0) is 162 Å². The standard InChI is InChI=1S/C60H50BN3S/c1-4-18-41(19-5-1)45-24-16-27-48(36-45)64-56-39-46(42-20-6-2-7-21-42)38-55-58(56)61(60-59(64)52-30-12-15-33-57(52)65-60)53-31-13-14-32-54(53)63(55)50-29-17-28-49(40-50)62(47-25-8-3-9-26-47)51-35-34-43-22-10-11-23-44(43)37-51/h1,3-5,8-9,12-19,24-40,42H,2,6-7,10-11,20-23H2. The zero-order chi connectivity index (χ0) is 42.8. The van der Waals surface area contributed by atoms with Gasteiger partial charge in [0.2, 0.25) is 0 Å². The maximum atomic E-state index is 2.65. The normalized spacial score (nSPS) is 15.3. The molecule has 0 radical (unpaired) electrons. The highest BCUT2D eigenvalue weighted by molar-refractivity contribution is 7.33. The molecule has 0 saturated heterocycles. The van der Waals surface area contributed by atoms with Crippen LogP contribution in [-0.2, 0) is 12.8 Å². The summed E-state index contributed by atoms with van der Waals surface area (Å²) in [5, 5.41) is 1.32. The van der Waals surface area contributed by atoms with Crippen molar-refractivity contribution in [3.8, 4) is 11.1 Å². The summed E-state index contributed by atoms with van der Waals surface area (Å²) >= 11 is 1.97. The molecule has 8 aromatic carbocycles. The summed E-state index contributed by atoms with van der Waals surface area (Å²) < 4.78 is 2.75. The first-order valence-corrected chi connectivity index (χ1v) is 24.7. The molecule has 0 N–H and O–H groups in total. The number of thiophene rings is 1. The van der Waals surface area contributed by atoms with Crippen molar-refractivity contribution in [3.05, 3.63) is 205 Å². The van der Waals surface area contributed by atoms with E-state index in [1.165, 1.54) is 150 Å². The largest absolute Gasteiger partial charge is 0.311 e. The van der Waals surface area contributed by atoms with Gasteiger partial charge < -0.3 is 14.7 Å². The predicted octanol–water partition coefficient (Wildman–Crippen LogP) is 15.0. The third-order valence-electron chi connectivity index (χ3n) is 14.7. The molecule has 5 heteroatoms. The lowest BCUT2D eigenvalue weighted by Crippen LogP contribution is -2.60. The molecular formula is C60H50BN3S. The molecule has 0 amide bonds. The van der Waals surface area contributed by atoms with E-state index < -0.39 is 0 Å². The Kier molecular flexibility index (Phi) is 9.51. The van der Waals surface area contributed by atoms with Crippen molar-refractivity contribution in [1.29, 1.82) is 0 Å². The van der Waals surface area contributed by atoms with Gasteiger partial charge in [0.1, 0.15) is 0 Å². The second-order valence-corrected chi connectivity index (χ2v) is 19.6. The van der Waals surface area contributed by atoms with Crippen LogP contribution in [0.5, 0.6) is 0 Å². The van der Waals surface area contributed by atoms with Crippen LogP contribution in [0.4, 0.5) is 51.2 Å². The number of fused-ring (bicyclic) bond motifs is 7. The molecule has 0 bridgehead atoms. The van der Waals surface area contributed by atoms with Crippen LogP contribution < -0.4 is 30.4 Å². The van der Waals surface area contributed by atoms with Gasteiger partial charge in [0.05, 0.1) is 5.69 Å². The molecule has 1 saturated carbocycles. The Morgan fingerprint density at radius 1 is 0.477 bits per heavy atom. The number of hydrogen-bond acceptors (Lipinski definition) is 4. The van der Waals surface area contributed by atoms with Crippen molar-refractivity contribution >= 4 is 95.0 Å². The van der Waals surface area contributed by atoms with E-state index in [1.54, 1.807) is 0 Å². The molecule has 314 valence electrons. The zero-order valence-corrected chi connectivity index (χ0v) is 37.5. The van der Waals surface area contributed by atoms with E-state index in [4.69, 9.17) is 0 Å². The lowest BCUT2D eigenvalue weighted by molar-refractivity contribution is 0.444. The number of para-hydroxylation sites is 2. The number of aryl methyl sites for hydroxylation is 2. The second kappa shape index (κ2) is 16.0. The van der Waals surface area contributed by atoms with Crippen LogP contribution >= 0.6 is 11.3 Å². The maximum absolute atomic E-state index is 2.65. The fourth-order valence-corrected chi connectivity index (χ4v) is 13.0. The molecule has 2 aliphatic heterocycles. The molecule has 1 fully saturated rings. The van der Waals surface area contributed by atoms with Gasteiger partial charge in [0, 0.05) is 60.4 Å². The van der Waals surface area contributed by atoms with Gasteiger partial charge in [-0.25, -0.2) is 0 Å². The van der Waals surface area contributed by atoms with Crippen LogP contribution in [0.1, 0.15) is 67.6 Å². The summed E-state index contributed by atoms with van der Waals surface area (Å²) in [6.07, 6.45) is 11.2.